The summed E-state index contributed by atoms with van der Waals surface area (Å²) in [4.78, 5) is 4.24. The Morgan fingerprint density at radius 3 is 2.72 bits per heavy atom. The van der Waals surface area contributed by atoms with Gasteiger partial charge in [0, 0.05) is 17.3 Å². The van der Waals surface area contributed by atoms with Gasteiger partial charge in [-0.3, -0.25) is 0 Å². The number of hydrogen-bond acceptors (Lipinski definition) is 4. The van der Waals surface area contributed by atoms with Crippen LogP contribution < -0.4 is 5.73 Å². The number of nitrogens with two attached hydrogens (primary N) is 1. The lowest BCUT2D eigenvalue weighted by Crippen LogP contribution is -2.48. The molecular weight excluding hydrogens is 265 g/mol. The van der Waals surface area contributed by atoms with Gasteiger partial charge in [0.1, 0.15) is 11.6 Å². The number of nitrogens with zero attached hydrogens (tertiary/aromatic N) is 1. The maximum Gasteiger partial charge on any atom is 0.411 e. The highest BCUT2D eigenvalue weighted by Gasteiger charge is 2.33. The Morgan fingerprint density at radius 2 is 2.17 bits per heavy atom. The molecule has 1 aliphatic rings. The Labute approximate surface area is 107 Å². The van der Waals surface area contributed by atoms with Gasteiger partial charge >= 0.3 is 6.18 Å². The van der Waals surface area contributed by atoms with Crippen LogP contribution in [0.1, 0.15) is 30.0 Å². The molecule has 102 valence electrons. The fourth-order valence-electron chi connectivity index (χ4n) is 1.92. The SMILES string of the molecule is NC1(Cc2csc(COCC(F)(F)F)n2)CCC1. The fourth-order valence-corrected chi connectivity index (χ4v) is 2.65. The van der Waals surface area contributed by atoms with Gasteiger partial charge in [0.15, 0.2) is 0 Å². The molecule has 0 radical (unpaired) electrons. The third-order valence-corrected chi connectivity index (χ3v) is 3.84. The van der Waals surface area contributed by atoms with Crippen molar-refractivity contribution in [3.63, 3.8) is 0 Å². The second-order valence-electron chi connectivity index (χ2n) is 4.73. The van der Waals surface area contributed by atoms with Crippen LogP contribution in [-0.4, -0.2) is 23.3 Å². The van der Waals surface area contributed by atoms with Crippen molar-refractivity contribution in [3.8, 4) is 0 Å². The average Bonchev–Trinajstić information content (AvgIpc) is 2.61. The highest BCUT2D eigenvalue weighted by Crippen LogP contribution is 2.32. The Kier molecular flexibility index (Phi) is 3.93. The number of rotatable bonds is 5. The van der Waals surface area contributed by atoms with Gasteiger partial charge in [-0.05, 0) is 19.3 Å². The summed E-state index contributed by atoms with van der Waals surface area (Å²) < 4.78 is 40.2. The van der Waals surface area contributed by atoms with Crippen LogP contribution in [0.5, 0.6) is 0 Å². The topological polar surface area (TPSA) is 48.1 Å². The summed E-state index contributed by atoms with van der Waals surface area (Å²) >= 11 is 1.32. The monoisotopic (exact) mass is 280 g/mol. The third-order valence-electron chi connectivity index (χ3n) is 2.97. The molecule has 0 aliphatic heterocycles. The zero-order valence-electron chi connectivity index (χ0n) is 9.79. The lowest BCUT2D eigenvalue weighted by Gasteiger charge is -2.37. The Bertz CT molecular complexity index is 401. The molecule has 0 amide bonds. The van der Waals surface area contributed by atoms with Crippen molar-refractivity contribution in [3.05, 3.63) is 16.1 Å². The van der Waals surface area contributed by atoms with Crippen LogP contribution in [0.4, 0.5) is 13.2 Å². The molecular formula is C11H15F3N2OS. The van der Waals surface area contributed by atoms with Crippen LogP contribution in [0.15, 0.2) is 5.38 Å². The predicted molar refractivity (Wildman–Crippen MR) is 62.3 cm³/mol. The zero-order valence-corrected chi connectivity index (χ0v) is 10.6. The van der Waals surface area contributed by atoms with E-state index in [1.54, 1.807) is 0 Å². The standard InChI is InChI=1S/C11H15F3N2OS/c12-11(13,14)7-17-5-9-16-8(6-18-9)4-10(15)2-1-3-10/h6H,1-5,7,15H2. The lowest BCUT2D eigenvalue weighted by atomic mass is 9.75. The summed E-state index contributed by atoms with van der Waals surface area (Å²) in [6, 6.07) is 0. The van der Waals surface area contributed by atoms with Gasteiger partial charge in [0.2, 0.25) is 0 Å². The largest absolute Gasteiger partial charge is 0.411 e. The minimum absolute atomic E-state index is 0.0955. The van der Waals surface area contributed by atoms with Gasteiger partial charge in [-0.2, -0.15) is 13.2 Å². The van der Waals surface area contributed by atoms with Crippen LogP contribution in [0.2, 0.25) is 0 Å². The van der Waals surface area contributed by atoms with Crippen LogP contribution >= 0.6 is 11.3 Å². The molecule has 1 saturated carbocycles. The van der Waals surface area contributed by atoms with Crippen molar-refractivity contribution in [1.82, 2.24) is 4.98 Å². The van der Waals surface area contributed by atoms with Gasteiger partial charge < -0.3 is 10.5 Å². The van der Waals surface area contributed by atoms with Gasteiger partial charge in [-0.15, -0.1) is 11.3 Å². The number of alkyl halides is 3. The minimum Gasteiger partial charge on any atom is -0.365 e. The molecule has 2 N–H and O–H groups in total. The minimum atomic E-state index is -4.28. The Morgan fingerprint density at radius 1 is 1.44 bits per heavy atom. The van der Waals surface area contributed by atoms with E-state index in [4.69, 9.17) is 5.73 Å². The molecule has 0 saturated heterocycles. The summed E-state index contributed by atoms with van der Waals surface area (Å²) in [6.07, 6.45) is -0.465. The molecule has 3 nitrogen and oxygen atoms in total. The first kappa shape index (κ1) is 13.8. The summed E-state index contributed by atoms with van der Waals surface area (Å²) in [7, 11) is 0. The molecule has 0 unspecified atom stereocenters. The Hall–Kier alpha value is -0.660. The number of ether oxygens (including phenoxy) is 1. The van der Waals surface area contributed by atoms with E-state index in [-0.39, 0.29) is 12.1 Å². The van der Waals surface area contributed by atoms with Crippen molar-refractivity contribution in [2.45, 2.75) is 44.0 Å². The van der Waals surface area contributed by atoms with E-state index in [0.29, 0.717) is 11.4 Å². The van der Waals surface area contributed by atoms with E-state index in [0.717, 1.165) is 25.0 Å². The molecule has 0 aromatic carbocycles. The van der Waals surface area contributed by atoms with E-state index in [2.05, 4.69) is 9.72 Å². The lowest BCUT2D eigenvalue weighted by molar-refractivity contribution is -0.176. The summed E-state index contributed by atoms with van der Waals surface area (Å²) in [5.74, 6) is 0. The van der Waals surface area contributed by atoms with E-state index in [1.165, 1.54) is 11.3 Å². The second-order valence-corrected chi connectivity index (χ2v) is 5.68. The van der Waals surface area contributed by atoms with Crippen molar-refractivity contribution in [1.29, 1.82) is 0 Å². The quantitative estimate of drug-likeness (QED) is 0.902. The molecule has 0 atom stereocenters. The van der Waals surface area contributed by atoms with Crippen LogP contribution in [-0.2, 0) is 17.8 Å². The molecule has 1 aromatic rings. The highest BCUT2D eigenvalue weighted by atomic mass is 32.1. The van der Waals surface area contributed by atoms with Gasteiger partial charge in [-0.25, -0.2) is 4.98 Å². The maximum atomic E-state index is 11.9. The summed E-state index contributed by atoms with van der Waals surface area (Å²) in [5.41, 5.74) is 6.79. The molecule has 7 heteroatoms. The number of hydrogen-bond donors (Lipinski definition) is 1. The normalized spacial score (nSPS) is 18.7. The zero-order chi connectivity index (χ0) is 13.2. The first-order chi connectivity index (χ1) is 8.36. The molecule has 2 rings (SSSR count). The third kappa shape index (κ3) is 3.93. The van der Waals surface area contributed by atoms with Gasteiger partial charge in [-0.1, -0.05) is 0 Å². The molecule has 0 bridgehead atoms. The fraction of sp³-hybridized carbons (Fsp3) is 0.727. The molecule has 1 aromatic heterocycles. The maximum absolute atomic E-state index is 11.9. The van der Waals surface area contributed by atoms with Crippen LogP contribution in [0.25, 0.3) is 0 Å². The van der Waals surface area contributed by atoms with Crippen LogP contribution in [0, 0.1) is 0 Å². The molecule has 1 fully saturated rings. The van der Waals surface area contributed by atoms with Gasteiger partial charge in [0.25, 0.3) is 0 Å². The van der Waals surface area contributed by atoms with Crippen LogP contribution in [0.3, 0.4) is 0 Å². The summed E-state index contributed by atoms with van der Waals surface area (Å²) in [5, 5.41) is 2.41. The van der Waals surface area contributed by atoms with E-state index in [1.807, 2.05) is 5.38 Å². The molecule has 0 spiro atoms. The average molecular weight is 280 g/mol. The van der Waals surface area contributed by atoms with Crippen molar-refractivity contribution >= 4 is 11.3 Å². The van der Waals surface area contributed by atoms with Crippen molar-refractivity contribution < 1.29 is 17.9 Å². The first-order valence-electron chi connectivity index (χ1n) is 5.73. The first-order valence-corrected chi connectivity index (χ1v) is 6.61. The summed E-state index contributed by atoms with van der Waals surface area (Å²) in [6.45, 7) is -1.33. The molecule has 18 heavy (non-hydrogen) atoms. The van der Waals surface area contributed by atoms with E-state index < -0.39 is 12.8 Å². The highest BCUT2D eigenvalue weighted by molar-refractivity contribution is 7.09. The van der Waals surface area contributed by atoms with E-state index >= 15 is 0 Å². The molecule has 1 aliphatic carbocycles. The van der Waals surface area contributed by atoms with E-state index in [9.17, 15) is 13.2 Å². The number of halogens is 3. The van der Waals surface area contributed by atoms with Gasteiger partial charge in [0.05, 0.1) is 12.3 Å². The second kappa shape index (κ2) is 5.14. The predicted octanol–water partition coefficient (Wildman–Crippen LogP) is 2.65. The molecule has 1 heterocycles. The number of thiazole rings is 1. The Balaban J connectivity index is 1.79. The number of aromatic nitrogens is 1. The van der Waals surface area contributed by atoms with Crippen molar-refractivity contribution in [2.24, 2.45) is 5.73 Å². The van der Waals surface area contributed by atoms with Crippen molar-refractivity contribution in [2.75, 3.05) is 6.61 Å². The smallest absolute Gasteiger partial charge is 0.365 e.